The summed E-state index contributed by atoms with van der Waals surface area (Å²) in [6.45, 7) is 1.65. The van der Waals surface area contributed by atoms with Crippen molar-refractivity contribution in [2.75, 3.05) is 7.11 Å². The van der Waals surface area contributed by atoms with Crippen LogP contribution in [-0.2, 0) is 10.9 Å². The fraction of sp³-hybridized carbons (Fsp3) is 0.250. The molecule has 0 radical (unpaired) electrons. The summed E-state index contributed by atoms with van der Waals surface area (Å²) in [6, 6.07) is 0.951. The Morgan fingerprint density at radius 1 is 1.35 bits per heavy atom. The molecule has 0 aliphatic carbocycles. The fourth-order valence-corrected chi connectivity index (χ4v) is 2.40. The number of thiazole rings is 1. The Hall–Kier alpha value is -1.96. The molecule has 0 aliphatic rings. The first-order chi connectivity index (χ1) is 9.32. The Kier molecular flexibility index (Phi) is 3.76. The number of halogens is 3. The largest absolute Gasteiger partial charge is 0.464 e. The molecule has 0 aliphatic heterocycles. The van der Waals surface area contributed by atoms with Crippen LogP contribution in [0.3, 0.4) is 0 Å². The summed E-state index contributed by atoms with van der Waals surface area (Å²) in [6.07, 6.45) is -2.46. The summed E-state index contributed by atoms with van der Waals surface area (Å²) < 4.78 is 42.4. The summed E-state index contributed by atoms with van der Waals surface area (Å²) >= 11 is 1.11. The molecule has 2 heterocycles. The standard InChI is InChI=1S/C12H9F3N2O2S/c1-6-9(11(18)19-2)17-10(20-6)7-3-8(5-16-4-7)12(13,14)15/h3-5H,1-2H3. The number of aryl methyl sites for hydroxylation is 1. The van der Waals surface area contributed by atoms with Gasteiger partial charge in [-0.3, -0.25) is 4.98 Å². The highest BCUT2D eigenvalue weighted by Gasteiger charge is 2.31. The summed E-state index contributed by atoms with van der Waals surface area (Å²) in [5.41, 5.74) is -0.546. The average molecular weight is 302 g/mol. The molecule has 2 aromatic rings. The van der Waals surface area contributed by atoms with Gasteiger partial charge in [-0.25, -0.2) is 9.78 Å². The lowest BCUT2D eigenvalue weighted by Gasteiger charge is -2.06. The Morgan fingerprint density at radius 2 is 2.05 bits per heavy atom. The molecular formula is C12H9F3N2O2S. The highest BCUT2D eigenvalue weighted by atomic mass is 32.1. The first-order valence-electron chi connectivity index (χ1n) is 5.41. The van der Waals surface area contributed by atoms with E-state index in [0.29, 0.717) is 9.88 Å². The number of carbonyl (C=O) groups is 1. The van der Waals surface area contributed by atoms with Crippen LogP contribution in [0, 0.1) is 6.92 Å². The molecule has 0 amide bonds. The van der Waals surface area contributed by atoms with Crippen LogP contribution in [0.1, 0.15) is 20.9 Å². The lowest BCUT2D eigenvalue weighted by atomic mass is 10.2. The summed E-state index contributed by atoms with van der Waals surface area (Å²) in [5.74, 6) is -0.620. The van der Waals surface area contributed by atoms with Crippen LogP contribution in [0.25, 0.3) is 10.6 Å². The van der Waals surface area contributed by atoms with Crippen LogP contribution in [-0.4, -0.2) is 23.0 Å². The topological polar surface area (TPSA) is 52.1 Å². The molecular weight excluding hydrogens is 293 g/mol. The molecule has 0 aromatic carbocycles. The van der Waals surface area contributed by atoms with Crippen molar-refractivity contribution < 1.29 is 22.7 Å². The van der Waals surface area contributed by atoms with Crippen LogP contribution in [0.15, 0.2) is 18.5 Å². The van der Waals surface area contributed by atoms with Crippen molar-refractivity contribution in [2.24, 2.45) is 0 Å². The van der Waals surface area contributed by atoms with E-state index in [1.165, 1.54) is 13.3 Å². The molecule has 0 bridgehead atoms. The molecule has 0 saturated carbocycles. The number of esters is 1. The number of rotatable bonds is 2. The summed E-state index contributed by atoms with van der Waals surface area (Å²) in [4.78, 5) is 19.6. The van der Waals surface area contributed by atoms with Gasteiger partial charge in [0.2, 0.25) is 0 Å². The third-order valence-electron chi connectivity index (χ3n) is 2.49. The van der Waals surface area contributed by atoms with Gasteiger partial charge >= 0.3 is 12.1 Å². The Balaban J connectivity index is 2.45. The number of alkyl halides is 3. The SMILES string of the molecule is COC(=O)c1nc(-c2cncc(C(F)(F)F)c2)sc1C. The van der Waals surface area contributed by atoms with Crippen LogP contribution in [0.4, 0.5) is 13.2 Å². The van der Waals surface area contributed by atoms with Crippen LogP contribution in [0.5, 0.6) is 0 Å². The minimum absolute atomic E-state index is 0.102. The van der Waals surface area contributed by atoms with E-state index in [1.807, 2.05) is 0 Å². The quantitative estimate of drug-likeness (QED) is 0.799. The lowest BCUT2D eigenvalue weighted by Crippen LogP contribution is -2.05. The number of carbonyl (C=O) groups excluding carboxylic acids is 1. The smallest absolute Gasteiger partial charge is 0.417 e. The molecule has 106 valence electrons. The van der Waals surface area contributed by atoms with E-state index in [1.54, 1.807) is 6.92 Å². The number of nitrogens with zero attached hydrogens (tertiary/aromatic N) is 2. The Labute approximate surface area is 116 Å². The number of ether oxygens (including phenoxy) is 1. The number of methoxy groups -OCH3 is 1. The van der Waals surface area contributed by atoms with Crippen molar-refractivity contribution in [3.63, 3.8) is 0 Å². The van der Waals surface area contributed by atoms with Gasteiger partial charge < -0.3 is 4.74 Å². The average Bonchev–Trinajstić information content (AvgIpc) is 2.79. The number of pyridine rings is 1. The number of aromatic nitrogens is 2. The fourth-order valence-electron chi connectivity index (χ4n) is 1.52. The maximum atomic E-state index is 12.6. The van der Waals surface area contributed by atoms with Gasteiger partial charge in [0.05, 0.1) is 12.7 Å². The van der Waals surface area contributed by atoms with E-state index in [-0.39, 0.29) is 11.3 Å². The Bertz CT molecular complexity index is 652. The van der Waals surface area contributed by atoms with Crippen molar-refractivity contribution in [1.29, 1.82) is 0 Å². The molecule has 4 nitrogen and oxygen atoms in total. The molecule has 0 atom stereocenters. The van der Waals surface area contributed by atoms with Crippen LogP contribution < -0.4 is 0 Å². The highest BCUT2D eigenvalue weighted by molar-refractivity contribution is 7.15. The first kappa shape index (κ1) is 14.4. The zero-order valence-corrected chi connectivity index (χ0v) is 11.3. The molecule has 8 heteroatoms. The molecule has 0 fully saturated rings. The maximum Gasteiger partial charge on any atom is 0.417 e. The normalized spacial score (nSPS) is 11.4. The second-order valence-electron chi connectivity index (χ2n) is 3.88. The van der Waals surface area contributed by atoms with Gasteiger partial charge in [-0.15, -0.1) is 11.3 Å². The monoisotopic (exact) mass is 302 g/mol. The van der Waals surface area contributed by atoms with Gasteiger partial charge in [-0.05, 0) is 13.0 Å². The summed E-state index contributed by atoms with van der Waals surface area (Å²) in [5, 5.41) is 0.293. The van der Waals surface area contributed by atoms with Crippen LogP contribution >= 0.6 is 11.3 Å². The second-order valence-corrected chi connectivity index (χ2v) is 5.08. The zero-order valence-electron chi connectivity index (χ0n) is 10.5. The second kappa shape index (κ2) is 5.20. The Morgan fingerprint density at radius 3 is 2.65 bits per heavy atom. The zero-order chi connectivity index (χ0) is 14.9. The van der Waals surface area contributed by atoms with Crippen molar-refractivity contribution in [3.8, 4) is 10.6 Å². The van der Waals surface area contributed by atoms with Crippen molar-refractivity contribution >= 4 is 17.3 Å². The lowest BCUT2D eigenvalue weighted by molar-refractivity contribution is -0.137. The highest BCUT2D eigenvalue weighted by Crippen LogP contribution is 2.33. The third kappa shape index (κ3) is 2.79. The predicted octanol–water partition coefficient (Wildman–Crippen LogP) is 3.32. The van der Waals surface area contributed by atoms with Gasteiger partial charge in [-0.2, -0.15) is 13.2 Å². The third-order valence-corrected chi connectivity index (χ3v) is 3.51. The van der Waals surface area contributed by atoms with Gasteiger partial charge in [0.15, 0.2) is 5.69 Å². The van der Waals surface area contributed by atoms with E-state index >= 15 is 0 Å². The predicted molar refractivity (Wildman–Crippen MR) is 66.4 cm³/mol. The molecule has 0 N–H and O–H groups in total. The van der Waals surface area contributed by atoms with E-state index in [0.717, 1.165) is 23.6 Å². The minimum Gasteiger partial charge on any atom is -0.464 e. The van der Waals surface area contributed by atoms with E-state index in [9.17, 15) is 18.0 Å². The van der Waals surface area contributed by atoms with Crippen molar-refractivity contribution in [2.45, 2.75) is 13.1 Å². The van der Waals surface area contributed by atoms with Gasteiger partial charge in [0, 0.05) is 22.8 Å². The molecule has 0 saturated heterocycles. The maximum absolute atomic E-state index is 12.6. The van der Waals surface area contributed by atoms with Crippen molar-refractivity contribution in [3.05, 3.63) is 34.6 Å². The summed E-state index contributed by atoms with van der Waals surface area (Å²) in [7, 11) is 1.21. The van der Waals surface area contributed by atoms with Gasteiger partial charge in [0.25, 0.3) is 0 Å². The van der Waals surface area contributed by atoms with E-state index in [4.69, 9.17) is 0 Å². The van der Waals surface area contributed by atoms with Gasteiger partial charge in [0.1, 0.15) is 5.01 Å². The number of hydrogen-bond acceptors (Lipinski definition) is 5. The minimum atomic E-state index is -4.47. The molecule has 0 unspecified atom stereocenters. The van der Waals surface area contributed by atoms with Crippen LogP contribution in [0.2, 0.25) is 0 Å². The van der Waals surface area contributed by atoms with E-state index < -0.39 is 17.7 Å². The van der Waals surface area contributed by atoms with Crippen molar-refractivity contribution in [1.82, 2.24) is 9.97 Å². The van der Waals surface area contributed by atoms with E-state index in [2.05, 4.69) is 14.7 Å². The molecule has 2 aromatic heterocycles. The molecule has 20 heavy (non-hydrogen) atoms. The first-order valence-corrected chi connectivity index (χ1v) is 6.23. The number of hydrogen-bond donors (Lipinski definition) is 0. The molecule has 0 spiro atoms. The van der Waals surface area contributed by atoms with Gasteiger partial charge in [-0.1, -0.05) is 0 Å². The molecule has 2 rings (SSSR count).